The summed E-state index contributed by atoms with van der Waals surface area (Å²) in [6.07, 6.45) is 0. The summed E-state index contributed by atoms with van der Waals surface area (Å²) in [5.41, 5.74) is 1.23. The van der Waals surface area contributed by atoms with E-state index >= 15 is 0 Å². The standard InChI is InChI=1S/C17H25N3O3/c1-4-18(5-2)17(23)20-10-8-19(9-11-20)16(22)14-7-6-13(3)12-15(14)21/h6-7,12,21H,4-5,8-11H2,1-3H3. The van der Waals surface area contributed by atoms with Crippen LogP contribution in [0.5, 0.6) is 5.75 Å². The zero-order chi connectivity index (χ0) is 17.0. The van der Waals surface area contributed by atoms with Crippen LogP contribution in [0.15, 0.2) is 18.2 Å². The average Bonchev–Trinajstić information content (AvgIpc) is 2.55. The Morgan fingerprint density at radius 2 is 1.65 bits per heavy atom. The van der Waals surface area contributed by atoms with Gasteiger partial charge in [-0.3, -0.25) is 4.79 Å². The zero-order valence-electron chi connectivity index (χ0n) is 14.1. The quantitative estimate of drug-likeness (QED) is 0.926. The second kappa shape index (κ2) is 7.35. The fourth-order valence-electron chi connectivity index (χ4n) is 2.79. The van der Waals surface area contributed by atoms with E-state index in [1.165, 1.54) is 0 Å². The number of phenolic OH excluding ortho intramolecular Hbond substituents is 1. The second-order valence-electron chi connectivity index (χ2n) is 5.75. The van der Waals surface area contributed by atoms with Crippen molar-refractivity contribution in [1.82, 2.24) is 14.7 Å². The van der Waals surface area contributed by atoms with Crippen LogP contribution in [0, 0.1) is 6.92 Å². The molecule has 0 unspecified atom stereocenters. The van der Waals surface area contributed by atoms with Gasteiger partial charge in [0.25, 0.3) is 5.91 Å². The van der Waals surface area contributed by atoms with Gasteiger partial charge in [-0.1, -0.05) is 6.07 Å². The summed E-state index contributed by atoms with van der Waals surface area (Å²) in [5.74, 6) is -0.172. The largest absolute Gasteiger partial charge is 0.507 e. The molecule has 1 aliphatic rings. The first-order valence-corrected chi connectivity index (χ1v) is 8.10. The van der Waals surface area contributed by atoms with E-state index in [4.69, 9.17) is 0 Å². The maximum atomic E-state index is 12.5. The lowest BCUT2D eigenvalue weighted by Crippen LogP contribution is -2.54. The van der Waals surface area contributed by atoms with Gasteiger partial charge in [0.2, 0.25) is 0 Å². The molecule has 0 aromatic heterocycles. The number of nitrogens with zero attached hydrogens (tertiary/aromatic N) is 3. The van der Waals surface area contributed by atoms with Gasteiger partial charge in [0.05, 0.1) is 5.56 Å². The zero-order valence-corrected chi connectivity index (χ0v) is 14.1. The molecule has 126 valence electrons. The molecule has 1 saturated heterocycles. The second-order valence-corrected chi connectivity index (χ2v) is 5.75. The van der Waals surface area contributed by atoms with Crippen molar-refractivity contribution in [3.63, 3.8) is 0 Å². The minimum absolute atomic E-state index is 0.0108. The van der Waals surface area contributed by atoms with Crippen molar-refractivity contribution >= 4 is 11.9 Å². The van der Waals surface area contributed by atoms with Gasteiger partial charge in [-0.15, -0.1) is 0 Å². The number of aryl methyl sites for hydroxylation is 1. The SMILES string of the molecule is CCN(CC)C(=O)N1CCN(C(=O)c2ccc(C)cc2O)CC1. The van der Waals surface area contributed by atoms with Gasteiger partial charge in [-0.2, -0.15) is 0 Å². The summed E-state index contributed by atoms with van der Waals surface area (Å²) < 4.78 is 0. The van der Waals surface area contributed by atoms with E-state index in [2.05, 4.69) is 0 Å². The number of carbonyl (C=O) groups excluding carboxylic acids is 2. The van der Waals surface area contributed by atoms with Crippen LogP contribution in [0.2, 0.25) is 0 Å². The van der Waals surface area contributed by atoms with E-state index in [9.17, 15) is 14.7 Å². The van der Waals surface area contributed by atoms with Crippen LogP contribution in [-0.2, 0) is 0 Å². The number of hydrogen-bond acceptors (Lipinski definition) is 3. The van der Waals surface area contributed by atoms with Gasteiger partial charge < -0.3 is 19.8 Å². The smallest absolute Gasteiger partial charge is 0.320 e. The highest BCUT2D eigenvalue weighted by molar-refractivity contribution is 5.97. The molecule has 0 radical (unpaired) electrons. The number of phenols is 1. The van der Waals surface area contributed by atoms with Crippen molar-refractivity contribution in [3.05, 3.63) is 29.3 Å². The molecule has 1 aromatic carbocycles. The third kappa shape index (κ3) is 3.75. The first-order chi connectivity index (χ1) is 11.0. The lowest BCUT2D eigenvalue weighted by molar-refractivity contribution is 0.0638. The molecule has 6 heteroatoms. The molecule has 0 aliphatic carbocycles. The predicted molar refractivity (Wildman–Crippen MR) is 88.6 cm³/mol. The molecule has 3 amide bonds. The molecular formula is C17H25N3O3. The summed E-state index contributed by atoms with van der Waals surface area (Å²) in [6.45, 7) is 9.17. The molecule has 23 heavy (non-hydrogen) atoms. The molecule has 1 N–H and O–H groups in total. The normalized spacial score (nSPS) is 14.7. The van der Waals surface area contributed by atoms with Crippen LogP contribution in [0.25, 0.3) is 0 Å². The highest BCUT2D eigenvalue weighted by Gasteiger charge is 2.27. The van der Waals surface area contributed by atoms with Crippen molar-refractivity contribution < 1.29 is 14.7 Å². The number of carbonyl (C=O) groups is 2. The number of aromatic hydroxyl groups is 1. The number of piperazine rings is 1. The van der Waals surface area contributed by atoms with Crippen LogP contribution in [-0.4, -0.2) is 71.0 Å². The Hall–Kier alpha value is -2.24. The van der Waals surface area contributed by atoms with Crippen LogP contribution < -0.4 is 0 Å². The van der Waals surface area contributed by atoms with E-state index in [-0.39, 0.29) is 17.7 Å². The van der Waals surface area contributed by atoms with Crippen molar-refractivity contribution in [3.8, 4) is 5.75 Å². The van der Waals surface area contributed by atoms with Crippen LogP contribution in [0.1, 0.15) is 29.8 Å². The Labute approximate surface area is 137 Å². The van der Waals surface area contributed by atoms with Crippen LogP contribution >= 0.6 is 0 Å². The Kier molecular flexibility index (Phi) is 5.47. The molecule has 0 saturated carbocycles. The molecule has 1 aliphatic heterocycles. The molecule has 0 bridgehead atoms. The Balaban J connectivity index is 1.98. The maximum absolute atomic E-state index is 12.5. The molecule has 2 rings (SSSR count). The van der Waals surface area contributed by atoms with E-state index in [0.717, 1.165) is 5.56 Å². The van der Waals surface area contributed by atoms with Gasteiger partial charge in [0, 0.05) is 39.3 Å². The maximum Gasteiger partial charge on any atom is 0.320 e. The summed E-state index contributed by atoms with van der Waals surface area (Å²) in [7, 11) is 0. The first-order valence-electron chi connectivity index (χ1n) is 8.10. The van der Waals surface area contributed by atoms with E-state index < -0.39 is 0 Å². The highest BCUT2D eigenvalue weighted by Crippen LogP contribution is 2.21. The fraction of sp³-hybridized carbons (Fsp3) is 0.529. The van der Waals surface area contributed by atoms with E-state index in [0.29, 0.717) is 44.8 Å². The van der Waals surface area contributed by atoms with E-state index in [1.54, 1.807) is 26.8 Å². The number of benzene rings is 1. The Bertz CT molecular complexity index is 576. The number of hydrogen-bond donors (Lipinski definition) is 1. The summed E-state index contributed by atoms with van der Waals surface area (Å²) in [6, 6.07) is 5.08. The topological polar surface area (TPSA) is 64.1 Å². The van der Waals surface area contributed by atoms with Crippen molar-refractivity contribution in [2.75, 3.05) is 39.3 Å². The third-order valence-electron chi connectivity index (χ3n) is 4.26. The van der Waals surface area contributed by atoms with Gasteiger partial charge in [0.1, 0.15) is 5.75 Å². The molecule has 1 heterocycles. The predicted octanol–water partition coefficient (Wildman–Crippen LogP) is 1.92. The fourth-order valence-corrected chi connectivity index (χ4v) is 2.79. The van der Waals surface area contributed by atoms with Gasteiger partial charge >= 0.3 is 6.03 Å². The molecular weight excluding hydrogens is 294 g/mol. The summed E-state index contributed by atoms with van der Waals surface area (Å²) in [5, 5.41) is 9.95. The summed E-state index contributed by atoms with van der Waals surface area (Å²) in [4.78, 5) is 30.1. The molecule has 6 nitrogen and oxygen atoms in total. The lowest BCUT2D eigenvalue weighted by Gasteiger charge is -2.37. The highest BCUT2D eigenvalue weighted by atomic mass is 16.3. The average molecular weight is 319 g/mol. The van der Waals surface area contributed by atoms with Crippen molar-refractivity contribution in [2.24, 2.45) is 0 Å². The molecule has 1 aromatic rings. The Morgan fingerprint density at radius 3 is 2.17 bits per heavy atom. The van der Waals surface area contributed by atoms with Crippen LogP contribution in [0.3, 0.4) is 0 Å². The van der Waals surface area contributed by atoms with Gasteiger partial charge in [-0.25, -0.2) is 4.79 Å². The van der Waals surface area contributed by atoms with Gasteiger partial charge in [0.15, 0.2) is 0 Å². The summed E-state index contributed by atoms with van der Waals surface area (Å²) >= 11 is 0. The lowest BCUT2D eigenvalue weighted by atomic mass is 10.1. The first kappa shape index (κ1) is 17.1. The number of rotatable bonds is 3. The molecule has 0 atom stereocenters. The number of urea groups is 1. The van der Waals surface area contributed by atoms with Crippen molar-refractivity contribution in [1.29, 1.82) is 0 Å². The minimum atomic E-state index is -0.183. The van der Waals surface area contributed by atoms with E-state index in [1.807, 2.05) is 26.8 Å². The molecule has 0 spiro atoms. The third-order valence-corrected chi connectivity index (χ3v) is 4.26. The minimum Gasteiger partial charge on any atom is -0.507 e. The Morgan fingerprint density at radius 1 is 1.09 bits per heavy atom. The monoisotopic (exact) mass is 319 g/mol. The molecule has 1 fully saturated rings. The van der Waals surface area contributed by atoms with Crippen LogP contribution in [0.4, 0.5) is 4.79 Å². The van der Waals surface area contributed by atoms with Gasteiger partial charge in [-0.05, 0) is 38.5 Å². The van der Waals surface area contributed by atoms with Crippen molar-refractivity contribution in [2.45, 2.75) is 20.8 Å². The number of amides is 3.